The largest absolute Gasteiger partial charge is 0.460 e. The average Bonchev–Trinajstić information content (AvgIpc) is 2.32. The number of aliphatic hydroxyl groups is 1. The molecule has 0 aromatic rings. The van der Waals surface area contributed by atoms with Crippen molar-refractivity contribution in [2.24, 2.45) is 11.3 Å². The predicted octanol–water partition coefficient (Wildman–Crippen LogP) is 2.81. The van der Waals surface area contributed by atoms with Gasteiger partial charge in [-0.2, -0.15) is 4.39 Å². The van der Waals surface area contributed by atoms with Gasteiger partial charge in [-0.25, -0.2) is 4.79 Å². The summed E-state index contributed by atoms with van der Waals surface area (Å²) < 4.78 is 24.1. The molecule has 134 valence electrons. The van der Waals surface area contributed by atoms with Crippen LogP contribution in [-0.4, -0.2) is 33.8 Å². The summed E-state index contributed by atoms with van der Waals surface area (Å²) in [6, 6.07) is 0. The molecule has 0 radical (unpaired) electrons. The Hall–Kier alpha value is -1.43. The third kappa shape index (κ3) is 2.96. The minimum Gasteiger partial charge on any atom is -0.460 e. The summed E-state index contributed by atoms with van der Waals surface area (Å²) in [5.74, 6) is -2.58. The summed E-state index contributed by atoms with van der Waals surface area (Å²) in [5.41, 5.74) is -3.61. The van der Waals surface area contributed by atoms with Gasteiger partial charge in [0, 0.05) is 12.8 Å². The van der Waals surface area contributed by atoms with E-state index in [1.165, 1.54) is 0 Å². The molecule has 0 spiro atoms. The third-order valence-electron chi connectivity index (χ3n) is 5.35. The van der Waals surface area contributed by atoms with Crippen molar-refractivity contribution in [2.45, 2.75) is 76.1 Å². The maximum absolute atomic E-state index is 13.1. The highest BCUT2D eigenvalue weighted by Crippen LogP contribution is 2.64. The van der Waals surface area contributed by atoms with E-state index in [9.17, 15) is 19.1 Å². The Bertz CT molecular complexity index is 609. The van der Waals surface area contributed by atoms with Crippen LogP contribution in [0.3, 0.4) is 0 Å². The van der Waals surface area contributed by atoms with Crippen molar-refractivity contribution in [3.8, 4) is 0 Å². The number of halogens is 1. The summed E-state index contributed by atoms with van der Waals surface area (Å²) >= 11 is 0. The molecule has 4 bridgehead atoms. The second-order valence-corrected chi connectivity index (χ2v) is 8.99. The lowest BCUT2D eigenvalue weighted by Crippen LogP contribution is -2.66. The number of carbonyl (C=O) groups excluding carboxylic acids is 2. The van der Waals surface area contributed by atoms with Gasteiger partial charge in [0.15, 0.2) is 0 Å². The minimum absolute atomic E-state index is 0.0550. The molecule has 4 fully saturated rings. The molecule has 4 saturated carbocycles. The van der Waals surface area contributed by atoms with Gasteiger partial charge in [-0.15, -0.1) is 0 Å². The molecule has 5 nitrogen and oxygen atoms in total. The average molecular weight is 340 g/mol. The number of rotatable bonds is 3. The summed E-state index contributed by atoms with van der Waals surface area (Å²) in [4.78, 5) is 24.6. The summed E-state index contributed by atoms with van der Waals surface area (Å²) in [6.07, 6.45) is 2.54. The first kappa shape index (κ1) is 17.4. The van der Waals surface area contributed by atoms with E-state index in [1.807, 2.05) is 0 Å². The van der Waals surface area contributed by atoms with E-state index >= 15 is 0 Å². The van der Waals surface area contributed by atoms with Crippen molar-refractivity contribution >= 4 is 11.9 Å². The first-order valence-electron chi connectivity index (χ1n) is 8.40. The lowest BCUT2D eigenvalue weighted by molar-refractivity contribution is -0.249. The Morgan fingerprint density at radius 2 is 1.83 bits per heavy atom. The van der Waals surface area contributed by atoms with Gasteiger partial charge in [-0.1, -0.05) is 6.58 Å². The first-order chi connectivity index (χ1) is 10.9. The van der Waals surface area contributed by atoms with Crippen LogP contribution in [-0.2, 0) is 19.1 Å². The van der Waals surface area contributed by atoms with Crippen molar-refractivity contribution in [1.29, 1.82) is 0 Å². The van der Waals surface area contributed by atoms with E-state index in [2.05, 4.69) is 6.58 Å². The molecule has 6 heteroatoms. The highest BCUT2D eigenvalue weighted by atomic mass is 19.1. The summed E-state index contributed by atoms with van der Waals surface area (Å²) in [7, 11) is 0. The van der Waals surface area contributed by atoms with Gasteiger partial charge in [0.05, 0.1) is 11.0 Å². The molecule has 24 heavy (non-hydrogen) atoms. The molecule has 0 aromatic carbocycles. The van der Waals surface area contributed by atoms with Crippen LogP contribution in [0.5, 0.6) is 0 Å². The normalized spacial score (nSPS) is 40.3. The van der Waals surface area contributed by atoms with Crippen molar-refractivity contribution in [3.63, 3.8) is 0 Å². The molecule has 1 N–H and O–H groups in total. The van der Waals surface area contributed by atoms with Gasteiger partial charge in [-0.3, -0.25) is 4.79 Å². The van der Waals surface area contributed by atoms with Crippen molar-refractivity contribution in [2.75, 3.05) is 0 Å². The molecule has 0 aromatic heterocycles. The molecular weight excluding hydrogens is 315 g/mol. The van der Waals surface area contributed by atoms with Gasteiger partial charge < -0.3 is 14.6 Å². The molecule has 0 aliphatic heterocycles. The van der Waals surface area contributed by atoms with Gasteiger partial charge in [0.1, 0.15) is 11.2 Å². The molecule has 4 unspecified atom stereocenters. The van der Waals surface area contributed by atoms with E-state index in [4.69, 9.17) is 9.47 Å². The Labute approximate surface area is 141 Å². The topological polar surface area (TPSA) is 72.8 Å². The van der Waals surface area contributed by atoms with Crippen LogP contribution in [0.15, 0.2) is 12.4 Å². The van der Waals surface area contributed by atoms with Gasteiger partial charge in [-0.05, 0) is 52.4 Å². The maximum atomic E-state index is 13.1. The molecular formula is C18H25FO5. The predicted molar refractivity (Wildman–Crippen MR) is 83.5 cm³/mol. The highest BCUT2D eigenvalue weighted by Gasteiger charge is 2.68. The zero-order valence-corrected chi connectivity index (χ0v) is 14.5. The lowest BCUT2D eigenvalue weighted by atomic mass is 9.46. The monoisotopic (exact) mass is 340 g/mol. The molecule has 4 rings (SSSR count). The maximum Gasteiger partial charge on any atom is 0.367 e. The standard InChI is InChI=1S/C18H25FO5/c1-11(19)13(20)23-18-7-12-5-16(9-18,8-17(22,6-12)10-18)14(21)24-15(2,3)4/h12,22H,1,5-10H2,2-4H3. The third-order valence-corrected chi connectivity index (χ3v) is 5.35. The van der Waals surface area contributed by atoms with Crippen molar-refractivity contribution in [3.05, 3.63) is 12.4 Å². The molecule has 0 heterocycles. The van der Waals surface area contributed by atoms with Crippen LogP contribution in [0, 0.1) is 11.3 Å². The van der Waals surface area contributed by atoms with Crippen LogP contribution < -0.4 is 0 Å². The Morgan fingerprint density at radius 3 is 2.38 bits per heavy atom. The number of carbonyl (C=O) groups is 2. The number of esters is 2. The van der Waals surface area contributed by atoms with Crippen molar-refractivity contribution < 1.29 is 28.6 Å². The van der Waals surface area contributed by atoms with Crippen LogP contribution >= 0.6 is 0 Å². The number of ether oxygens (including phenoxy) is 2. The Kier molecular flexibility index (Phi) is 3.65. The Balaban J connectivity index is 1.92. The van der Waals surface area contributed by atoms with E-state index in [0.29, 0.717) is 25.7 Å². The van der Waals surface area contributed by atoms with E-state index < -0.39 is 34.0 Å². The number of hydrogen-bond acceptors (Lipinski definition) is 5. The highest BCUT2D eigenvalue weighted by molar-refractivity contribution is 5.86. The van der Waals surface area contributed by atoms with Gasteiger partial charge in [0.2, 0.25) is 5.83 Å². The van der Waals surface area contributed by atoms with E-state index in [0.717, 1.165) is 0 Å². The first-order valence-corrected chi connectivity index (χ1v) is 8.40. The van der Waals surface area contributed by atoms with Crippen LogP contribution in [0.4, 0.5) is 4.39 Å². The van der Waals surface area contributed by atoms with Crippen LogP contribution in [0.1, 0.15) is 59.3 Å². The zero-order chi connectivity index (χ0) is 18.0. The second-order valence-electron chi connectivity index (χ2n) is 8.99. The van der Waals surface area contributed by atoms with Gasteiger partial charge >= 0.3 is 11.9 Å². The molecule has 0 amide bonds. The fourth-order valence-electron chi connectivity index (χ4n) is 5.28. The minimum atomic E-state index is -1.16. The van der Waals surface area contributed by atoms with Crippen LogP contribution in [0.25, 0.3) is 0 Å². The Morgan fingerprint density at radius 1 is 1.17 bits per heavy atom. The fraction of sp³-hybridized carbons (Fsp3) is 0.778. The summed E-state index contributed by atoms with van der Waals surface area (Å²) in [6.45, 7) is 8.36. The van der Waals surface area contributed by atoms with Gasteiger partial charge in [0.25, 0.3) is 0 Å². The molecule has 0 saturated heterocycles. The SMILES string of the molecule is C=C(F)C(=O)OC12CC3CC(O)(C1)CC(C(=O)OC(C)(C)C)(C3)C2. The van der Waals surface area contributed by atoms with E-state index in [-0.39, 0.29) is 24.7 Å². The smallest absolute Gasteiger partial charge is 0.367 e. The second kappa shape index (κ2) is 5.04. The molecule has 4 aliphatic rings. The quantitative estimate of drug-likeness (QED) is 0.632. The van der Waals surface area contributed by atoms with E-state index in [1.54, 1.807) is 20.8 Å². The molecule has 4 atom stereocenters. The van der Waals surface area contributed by atoms with Crippen LogP contribution in [0.2, 0.25) is 0 Å². The lowest BCUT2D eigenvalue weighted by Gasteiger charge is -2.62. The molecule has 4 aliphatic carbocycles. The summed E-state index contributed by atoms with van der Waals surface area (Å²) in [5, 5.41) is 10.9. The zero-order valence-electron chi connectivity index (χ0n) is 14.5. The number of hydrogen-bond donors (Lipinski definition) is 1. The van der Waals surface area contributed by atoms with Crippen molar-refractivity contribution in [1.82, 2.24) is 0 Å². The fourth-order valence-corrected chi connectivity index (χ4v) is 5.28.